The minimum Gasteiger partial charge on any atom is -0.441 e. The Labute approximate surface area is 102 Å². The van der Waals surface area contributed by atoms with Crippen LogP contribution in [0.1, 0.15) is 20.8 Å². The van der Waals surface area contributed by atoms with Gasteiger partial charge in [-0.25, -0.2) is 4.79 Å². The van der Waals surface area contributed by atoms with Gasteiger partial charge in [-0.15, -0.1) is 0 Å². The van der Waals surface area contributed by atoms with Crippen molar-refractivity contribution < 1.29 is 9.53 Å². The van der Waals surface area contributed by atoms with E-state index < -0.39 is 6.09 Å². The third-order valence-electron chi connectivity index (χ3n) is 2.30. The number of carbonyl (C=O) groups excluding carboxylic acids is 1. The van der Waals surface area contributed by atoms with Crippen molar-refractivity contribution in [3.63, 3.8) is 0 Å². The summed E-state index contributed by atoms with van der Waals surface area (Å²) < 4.78 is 5.32. The van der Waals surface area contributed by atoms with Gasteiger partial charge in [0.15, 0.2) is 0 Å². The number of allylic oxidation sites excluding steroid dienone is 1. The predicted octanol–water partition coefficient (Wildman–Crippen LogP) is 3.84. The Morgan fingerprint density at radius 1 is 1.29 bits per heavy atom. The molecule has 1 unspecified atom stereocenters. The van der Waals surface area contributed by atoms with Crippen molar-refractivity contribution in [1.29, 1.82) is 0 Å². The number of anilines is 1. The molecule has 1 rings (SSSR count). The lowest BCUT2D eigenvalue weighted by Gasteiger charge is -2.18. The zero-order valence-corrected chi connectivity index (χ0v) is 10.5. The first-order chi connectivity index (χ1) is 8.13. The molecule has 0 bridgehead atoms. The summed E-state index contributed by atoms with van der Waals surface area (Å²) in [6.45, 7) is 5.94. The quantitative estimate of drug-likeness (QED) is 0.802. The number of hydrogen-bond acceptors (Lipinski definition) is 2. The first-order valence-corrected chi connectivity index (χ1v) is 5.79. The third-order valence-corrected chi connectivity index (χ3v) is 2.30. The van der Waals surface area contributed by atoms with Gasteiger partial charge in [-0.05, 0) is 31.1 Å². The van der Waals surface area contributed by atoms with Gasteiger partial charge in [-0.2, -0.15) is 0 Å². The Kier molecular flexibility index (Phi) is 5.27. The van der Waals surface area contributed by atoms with Gasteiger partial charge in [-0.3, -0.25) is 5.32 Å². The van der Waals surface area contributed by atoms with Crippen molar-refractivity contribution in [2.45, 2.75) is 26.9 Å². The molecule has 0 fully saturated rings. The summed E-state index contributed by atoms with van der Waals surface area (Å²) in [7, 11) is 0. The van der Waals surface area contributed by atoms with Gasteiger partial charge in [0.05, 0.1) is 0 Å². The minimum atomic E-state index is -0.423. The molecule has 3 heteroatoms. The van der Waals surface area contributed by atoms with E-state index in [4.69, 9.17) is 4.74 Å². The SMILES string of the molecule is C/C=C\C(OC(=O)Nc1ccccc1)C(C)C. The molecule has 0 aliphatic carbocycles. The number of rotatable bonds is 4. The Morgan fingerprint density at radius 3 is 2.47 bits per heavy atom. The molecule has 1 amide bonds. The summed E-state index contributed by atoms with van der Waals surface area (Å²) in [5, 5.41) is 2.69. The van der Waals surface area contributed by atoms with E-state index in [-0.39, 0.29) is 12.0 Å². The molecule has 0 aromatic heterocycles. The molecule has 1 aromatic carbocycles. The van der Waals surface area contributed by atoms with Crippen LogP contribution in [-0.4, -0.2) is 12.2 Å². The van der Waals surface area contributed by atoms with Gasteiger partial charge >= 0.3 is 6.09 Å². The molecule has 3 nitrogen and oxygen atoms in total. The zero-order valence-electron chi connectivity index (χ0n) is 10.5. The van der Waals surface area contributed by atoms with Crippen LogP contribution in [0.3, 0.4) is 0 Å². The number of benzene rings is 1. The summed E-state index contributed by atoms with van der Waals surface area (Å²) >= 11 is 0. The van der Waals surface area contributed by atoms with Crippen LogP contribution in [0.2, 0.25) is 0 Å². The average molecular weight is 233 g/mol. The fourth-order valence-electron chi connectivity index (χ4n) is 1.38. The molecule has 17 heavy (non-hydrogen) atoms. The monoisotopic (exact) mass is 233 g/mol. The standard InChI is InChI=1S/C14H19NO2/c1-4-8-13(11(2)3)17-14(16)15-12-9-6-5-7-10-12/h4-11,13H,1-3H3,(H,15,16)/b8-4-. The maximum atomic E-state index is 11.6. The van der Waals surface area contributed by atoms with E-state index >= 15 is 0 Å². The van der Waals surface area contributed by atoms with E-state index in [1.165, 1.54) is 0 Å². The molecule has 0 spiro atoms. The van der Waals surface area contributed by atoms with Gasteiger partial charge in [-0.1, -0.05) is 38.1 Å². The molecule has 0 radical (unpaired) electrons. The smallest absolute Gasteiger partial charge is 0.412 e. The third kappa shape index (κ3) is 4.72. The van der Waals surface area contributed by atoms with Crippen LogP contribution in [-0.2, 0) is 4.74 Å². The lowest BCUT2D eigenvalue weighted by molar-refractivity contribution is 0.110. The summed E-state index contributed by atoms with van der Waals surface area (Å²) in [5.41, 5.74) is 0.737. The van der Waals surface area contributed by atoms with Crippen LogP contribution < -0.4 is 5.32 Å². The van der Waals surface area contributed by atoms with E-state index in [1.54, 1.807) is 0 Å². The van der Waals surface area contributed by atoms with Crippen LogP contribution in [0.15, 0.2) is 42.5 Å². The maximum Gasteiger partial charge on any atom is 0.412 e. The molecule has 92 valence electrons. The molecule has 0 aliphatic rings. The number of amides is 1. The molecular formula is C14H19NO2. The van der Waals surface area contributed by atoms with Crippen molar-refractivity contribution in [1.82, 2.24) is 0 Å². The highest BCUT2D eigenvalue weighted by atomic mass is 16.6. The lowest BCUT2D eigenvalue weighted by Crippen LogP contribution is -2.24. The van der Waals surface area contributed by atoms with E-state index in [2.05, 4.69) is 5.32 Å². The second kappa shape index (κ2) is 6.74. The number of ether oxygens (including phenoxy) is 1. The fraction of sp³-hybridized carbons (Fsp3) is 0.357. The summed E-state index contributed by atoms with van der Waals surface area (Å²) in [4.78, 5) is 11.6. The van der Waals surface area contributed by atoms with E-state index in [9.17, 15) is 4.79 Å². The second-order valence-electron chi connectivity index (χ2n) is 4.13. The zero-order chi connectivity index (χ0) is 12.7. The van der Waals surface area contributed by atoms with E-state index in [0.29, 0.717) is 0 Å². The van der Waals surface area contributed by atoms with Crippen LogP contribution >= 0.6 is 0 Å². The highest BCUT2D eigenvalue weighted by Crippen LogP contribution is 2.11. The highest BCUT2D eigenvalue weighted by molar-refractivity contribution is 5.84. The fourth-order valence-corrected chi connectivity index (χ4v) is 1.38. The van der Waals surface area contributed by atoms with Crippen molar-refractivity contribution in [3.8, 4) is 0 Å². The van der Waals surface area contributed by atoms with Crippen molar-refractivity contribution in [3.05, 3.63) is 42.5 Å². The molecule has 0 aliphatic heterocycles. The predicted molar refractivity (Wildman–Crippen MR) is 70.0 cm³/mol. The summed E-state index contributed by atoms with van der Waals surface area (Å²) in [5.74, 6) is 0.257. The van der Waals surface area contributed by atoms with Crippen molar-refractivity contribution in [2.75, 3.05) is 5.32 Å². The van der Waals surface area contributed by atoms with Gasteiger partial charge in [0.1, 0.15) is 6.10 Å². The van der Waals surface area contributed by atoms with E-state index in [0.717, 1.165) is 5.69 Å². The van der Waals surface area contributed by atoms with Gasteiger partial charge in [0, 0.05) is 5.69 Å². The largest absolute Gasteiger partial charge is 0.441 e. The van der Waals surface area contributed by atoms with Crippen LogP contribution in [0.25, 0.3) is 0 Å². The Hall–Kier alpha value is -1.77. The molecule has 0 saturated carbocycles. The molecule has 1 aromatic rings. The van der Waals surface area contributed by atoms with Gasteiger partial charge < -0.3 is 4.74 Å². The minimum absolute atomic E-state index is 0.191. The van der Waals surface area contributed by atoms with Crippen LogP contribution in [0.5, 0.6) is 0 Å². The average Bonchev–Trinajstić information content (AvgIpc) is 2.29. The summed E-state index contributed by atoms with van der Waals surface area (Å²) in [6.07, 6.45) is 3.16. The topological polar surface area (TPSA) is 38.3 Å². The Bertz CT molecular complexity index is 371. The molecule has 1 N–H and O–H groups in total. The molecule has 0 saturated heterocycles. The van der Waals surface area contributed by atoms with Gasteiger partial charge in [0.2, 0.25) is 0 Å². The molecule has 0 heterocycles. The normalized spacial score (nSPS) is 12.7. The number of nitrogens with one attached hydrogen (secondary N) is 1. The van der Waals surface area contributed by atoms with Crippen molar-refractivity contribution >= 4 is 11.8 Å². The summed E-state index contributed by atoms with van der Waals surface area (Å²) in [6, 6.07) is 9.26. The first-order valence-electron chi connectivity index (χ1n) is 5.79. The van der Waals surface area contributed by atoms with Crippen LogP contribution in [0, 0.1) is 5.92 Å². The number of hydrogen-bond donors (Lipinski definition) is 1. The first kappa shape index (κ1) is 13.3. The Morgan fingerprint density at radius 2 is 1.94 bits per heavy atom. The molecular weight excluding hydrogens is 214 g/mol. The highest BCUT2D eigenvalue weighted by Gasteiger charge is 2.14. The lowest BCUT2D eigenvalue weighted by atomic mass is 10.1. The molecule has 1 atom stereocenters. The Balaban J connectivity index is 2.54. The number of carbonyl (C=O) groups is 1. The van der Waals surface area contributed by atoms with Crippen molar-refractivity contribution in [2.24, 2.45) is 5.92 Å². The van der Waals surface area contributed by atoms with Gasteiger partial charge in [0.25, 0.3) is 0 Å². The van der Waals surface area contributed by atoms with E-state index in [1.807, 2.05) is 63.3 Å². The maximum absolute atomic E-state index is 11.6. The second-order valence-corrected chi connectivity index (χ2v) is 4.13. The number of para-hydroxylation sites is 1. The van der Waals surface area contributed by atoms with Crippen LogP contribution in [0.4, 0.5) is 10.5 Å².